The van der Waals surface area contributed by atoms with E-state index in [-0.39, 0.29) is 6.61 Å². The van der Waals surface area contributed by atoms with Gasteiger partial charge in [0.25, 0.3) is 0 Å². The maximum atomic E-state index is 8.97. The molecule has 0 amide bonds. The van der Waals surface area contributed by atoms with Gasteiger partial charge in [-0.15, -0.1) is 0 Å². The lowest BCUT2D eigenvalue weighted by atomic mass is 10.1. The Kier molecular flexibility index (Phi) is 4.88. The summed E-state index contributed by atoms with van der Waals surface area (Å²) in [5, 5.41) is 9.66. The van der Waals surface area contributed by atoms with Crippen molar-refractivity contribution >= 4 is 17.3 Å². The zero-order valence-electron chi connectivity index (χ0n) is 8.91. The van der Waals surface area contributed by atoms with Crippen LogP contribution in [0.25, 0.3) is 0 Å². The number of halogens is 1. The highest BCUT2D eigenvalue weighted by atomic mass is 35.5. The maximum absolute atomic E-state index is 8.97. The topological polar surface area (TPSA) is 49.5 Å². The van der Waals surface area contributed by atoms with E-state index in [0.717, 1.165) is 17.8 Å². The molecule has 0 aliphatic rings. The van der Waals surface area contributed by atoms with Crippen molar-refractivity contribution in [2.24, 2.45) is 5.73 Å². The van der Waals surface area contributed by atoms with Crippen LogP contribution in [0, 0.1) is 0 Å². The van der Waals surface area contributed by atoms with Crippen LogP contribution < -0.4 is 10.6 Å². The average molecular weight is 229 g/mol. The molecule has 0 aliphatic heterocycles. The molecule has 0 aliphatic carbocycles. The second-order valence-corrected chi connectivity index (χ2v) is 3.66. The third kappa shape index (κ3) is 2.84. The molecule has 0 aromatic heterocycles. The van der Waals surface area contributed by atoms with E-state index in [1.54, 1.807) is 0 Å². The van der Waals surface area contributed by atoms with Gasteiger partial charge in [0.2, 0.25) is 0 Å². The average Bonchev–Trinajstić information content (AvgIpc) is 2.26. The summed E-state index contributed by atoms with van der Waals surface area (Å²) in [6.45, 7) is 3.98. The largest absolute Gasteiger partial charge is 0.395 e. The maximum Gasteiger partial charge on any atom is 0.0642 e. The molecule has 0 unspecified atom stereocenters. The van der Waals surface area contributed by atoms with E-state index in [1.807, 2.05) is 30.0 Å². The van der Waals surface area contributed by atoms with Crippen molar-refractivity contribution in [1.29, 1.82) is 0 Å². The molecule has 0 saturated carbocycles. The zero-order chi connectivity index (χ0) is 11.3. The fourth-order valence-electron chi connectivity index (χ4n) is 1.63. The molecular weight excluding hydrogens is 212 g/mol. The van der Waals surface area contributed by atoms with E-state index >= 15 is 0 Å². The van der Waals surface area contributed by atoms with Gasteiger partial charge in [-0.3, -0.25) is 0 Å². The lowest BCUT2D eigenvalue weighted by Gasteiger charge is -2.25. The SMILES string of the molecule is CCN(CCO)c1c(Cl)cccc1CN. The number of para-hydroxylation sites is 1. The Hall–Kier alpha value is -0.770. The number of nitrogens with zero attached hydrogens (tertiary/aromatic N) is 1. The van der Waals surface area contributed by atoms with Crippen molar-refractivity contribution < 1.29 is 5.11 Å². The lowest BCUT2D eigenvalue weighted by molar-refractivity contribution is 0.302. The first-order valence-electron chi connectivity index (χ1n) is 5.07. The first-order chi connectivity index (χ1) is 7.24. The third-order valence-electron chi connectivity index (χ3n) is 2.36. The van der Waals surface area contributed by atoms with E-state index in [4.69, 9.17) is 22.4 Å². The van der Waals surface area contributed by atoms with Crippen LogP contribution in [-0.2, 0) is 6.54 Å². The van der Waals surface area contributed by atoms with Gasteiger partial charge in [-0.05, 0) is 18.6 Å². The number of hydrogen-bond donors (Lipinski definition) is 2. The number of hydrogen-bond acceptors (Lipinski definition) is 3. The van der Waals surface area contributed by atoms with Gasteiger partial charge in [0.05, 0.1) is 17.3 Å². The molecule has 15 heavy (non-hydrogen) atoms. The summed E-state index contributed by atoms with van der Waals surface area (Å²) in [6, 6.07) is 5.69. The number of nitrogens with two attached hydrogens (primary N) is 1. The highest BCUT2D eigenvalue weighted by Crippen LogP contribution is 2.29. The van der Waals surface area contributed by atoms with E-state index in [2.05, 4.69) is 0 Å². The Labute approximate surface area is 95.5 Å². The summed E-state index contributed by atoms with van der Waals surface area (Å²) >= 11 is 6.14. The normalized spacial score (nSPS) is 10.4. The van der Waals surface area contributed by atoms with Crippen LogP contribution in [0.3, 0.4) is 0 Å². The first-order valence-corrected chi connectivity index (χ1v) is 5.45. The summed E-state index contributed by atoms with van der Waals surface area (Å²) in [5.41, 5.74) is 7.62. The molecule has 3 nitrogen and oxygen atoms in total. The van der Waals surface area contributed by atoms with Crippen LogP contribution in [0.1, 0.15) is 12.5 Å². The molecule has 84 valence electrons. The van der Waals surface area contributed by atoms with Gasteiger partial charge in [0, 0.05) is 19.6 Å². The zero-order valence-corrected chi connectivity index (χ0v) is 9.67. The number of anilines is 1. The van der Waals surface area contributed by atoms with Crippen molar-refractivity contribution in [2.75, 3.05) is 24.6 Å². The molecule has 0 heterocycles. The van der Waals surface area contributed by atoms with Crippen molar-refractivity contribution in [3.63, 3.8) is 0 Å². The van der Waals surface area contributed by atoms with Gasteiger partial charge in [-0.25, -0.2) is 0 Å². The Morgan fingerprint density at radius 3 is 2.73 bits per heavy atom. The van der Waals surface area contributed by atoms with Crippen LogP contribution in [0.15, 0.2) is 18.2 Å². The lowest BCUT2D eigenvalue weighted by Crippen LogP contribution is -2.27. The van der Waals surface area contributed by atoms with Crippen molar-refractivity contribution in [3.05, 3.63) is 28.8 Å². The second kappa shape index (κ2) is 5.95. The molecule has 0 bridgehead atoms. The first kappa shape index (κ1) is 12.3. The minimum absolute atomic E-state index is 0.114. The monoisotopic (exact) mass is 228 g/mol. The van der Waals surface area contributed by atoms with Gasteiger partial charge in [0.15, 0.2) is 0 Å². The van der Waals surface area contributed by atoms with Crippen LogP contribution in [0.4, 0.5) is 5.69 Å². The fourth-order valence-corrected chi connectivity index (χ4v) is 1.94. The van der Waals surface area contributed by atoms with Gasteiger partial charge in [-0.1, -0.05) is 23.7 Å². The number of aliphatic hydroxyl groups is 1. The molecule has 1 rings (SSSR count). The van der Waals surface area contributed by atoms with Crippen LogP contribution in [0.2, 0.25) is 5.02 Å². The summed E-state index contributed by atoms with van der Waals surface area (Å²) in [6.07, 6.45) is 0. The van der Waals surface area contributed by atoms with E-state index in [9.17, 15) is 0 Å². The molecule has 0 atom stereocenters. The predicted octanol–water partition coefficient (Wildman–Crippen LogP) is 1.62. The summed E-state index contributed by atoms with van der Waals surface area (Å²) in [7, 11) is 0. The van der Waals surface area contributed by atoms with Crippen molar-refractivity contribution in [1.82, 2.24) is 0 Å². The predicted molar refractivity (Wildman–Crippen MR) is 64.3 cm³/mol. The molecule has 1 aromatic carbocycles. The van der Waals surface area contributed by atoms with Crippen molar-refractivity contribution in [2.45, 2.75) is 13.5 Å². The molecule has 0 saturated heterocycles. The van der Waals surface area contributed by atoms with Gasteiger partial charge in [0.1, 0.15) is 0 Å². The number of aliphatic hydroxyl groups excluding tert-OH is 1. The second-order valence-electron chi connectivity index (χ2n) is 3.25. The number of benzene rings is 1. The van der Waals surface area contributed by atoms with Crippen LogP contribution in [-0.4, -0.2) is 24.8 Å². The third-order valence-corrected chi connectivity index (χ3v) is 2.66. The highest BCUT2D eigenvalue weighted by molar-refractivity contribution is 6.33. The standard InChI is InChI=1S/C11H17ClN2O/c1-2-14(6-7-15)11-9(8-13)4-3-5-10(11)12/h3-5,15H,2,6-8,13H2,1H3. The molecule has 4 heteroatoms. The highest BCUT2D eigenvalue weighted by Gasteiger charge is 2.11. The minimum atomic E-state index is 0.114. The van der Waals surface area contributed by atoms with E-state index < -0.39 is 0 Å². The summed E-state index contributed by atoms with van der Waals surface area (Å²) < 4.78 is 0. The van der Waals surface area contributed by atoms with Crippen LogP contribution >= 0.6 is 11.6 Å². The quantitative estimate of drug-likeness (QED) is 0.805. The molecule has 3 N–H and O–H groups in total. The number of likely N-dealkylation sites (N-methyl/N-ethyl adjacent to an activating group) is 1. The molecule has 1 aromatic rings. The van der Waals surface area contributed by atoms with Crippen LogP contribution in [0.5, 0.6) is 0 Å². The summed E-state index contributed by atoms with van der Waals surface area (Å²) in [5.74, 6) is 0. The minimum Gasteiger partial charge on any atom is -0.395 e. The fraction of sp³-hybridized carbons (Fsp3) is 0.455. The number of rotatable bonds is 5. The molecule has 0 fully saturated rings. The molecule has 0 radical (unpaired) electrons. The van der Waals surface area contributed by atoms with Gasteiger partial charge < -0.3 is 15.7 Å². The van der Waals surface area contributed by atoms with Gasteiger partial charge >= 0.3 is 0 Å². The van der Waals surface area contributed by atoms with E-state index in [0.29, 0.717) is 18.1 Å². The Balaban J connectivity index is 3.08. The Bertz CT molecular complexity index is 317. The Morgan fingerprint density at radius 1 is 1.47 bits per heavy atom. The summed E-state index contributed by atoms with van der Waals surface area (Å²) in [4.78, 5) is 2.03. The van der Waals surface area contributed by atoms with Crippen molar-refractivity contribution in [3.8, 4) is 0 Å². The smallest absolute Gasteiger partial charge is 0.0642 e. The Morgan fingerprint density at radius 2 is 2.20 bits per heavy atom. The molecule has 0 spiro atoms. The van der Waals surface area contributed by atoms with E-state index in [1.165, 1.54) is 0 Å². The molecular formula is C11H17ClN2O. The van der Waals surface area contributed by atoms with Gasteiger partial charge in [-0.2, -0.15) is 0 Å².